The highest BCUT2D eigenvalue weighted by molar-refractivity contribution is 5.94. The van der Waals surface area contributed by atoms with Gasteiger partial charge in [0.2, 0.25) is 0 Å². The van der Waals surface area contributed by atoms with Gasteiger partial charge in [-0.2, -0.15) is 0 Å². The van der Waals surface area contributed by atoms with Crippen LogP contribution in [0.2, 0.25) is 0 Å². The van der Waals surface area contributed by atoms with Crippen molar-refractivity contribution in [2.24, 2.45) is 0 Å². The van der Waals surface area contributed by atoms with Crippen LogP contribution >= 0.6 is 0 Å². The molecule has 27 heavy (non-hydrogen) atoms. The Labute approximate surface area is 159 Å². The zero-order chi connectivity index (χ0) is 19.6. The van der Waals surface area contributed by atoms with Crippen LogP contribution < -0.4 is 14.8 Å². The molecule has 6 heteroatoms. The largest absolute Gasteiger partial charge is 0.497 e. The Bertz CT molecular complexity index is 760. The Hall–Kier alpha value is -3.02. The lowest BCUT2D eigenvalue weighted by Crippen LogP contribution is -2.32. The van der Waals surface area contributed by atoms with Crippen molar-refractivity contribution >= 4 is 11.9 Å². The maximum absolute atomic E-state index is 12.3. The number of hydrogen-bond acceptors (Lipinski definition) is 5. The first kappa shape index (κ1) is 20.3. The minimum absolute atomic E-state index is 0.113. The van der Waals surface area contributed by atoms with Crippen molar-refractivity contribution in [2.45, 2.75) is 25.8 Å². The van der Waals surface area contributed by atoms with Crippen molar-refractivity contribution in [3.63, 3.8) is 0 Å². The van der Waals surface area contributed by atoms with Crippen LogP contribution in [0.25, 0.3) is 0 Å². The molecule has 0 aromatic heterocycles. The number of ether oxygens (including phenoxy) is 3. The zero-order valence-corrected chi connectivity index (χ0v) is 15.9. The predicted molar refractivity (Wildman–Crippen MR) is 102 cm³/mol. The zero-order valence-electron chi connectivity index (χ0n) is 15.9. The Morgan fingerprint density at radius 2 is 1.78 bits per heavy atom. The first-order chi connectivity index (χ1) is 13.1. The predicted octanol–water partition coefficient (Wildman–Crippen LogP) is 3.52. The summed E-state index contributed by atoms with van der Waals surface area (Å²) < 4.78 is 15.4. The van der Waals surface area contributed by atoms with Crippen molar-refractivity contribution in [3.8, 4) is 11.5 Å². The van der Waals surface area contributed by atoms with Crippen molar-refractivity contribution in [1.82, 2.24) is 5.32 Å². The second kappa shape index (κ2) is 10.2. The number of carbonyl (C=O) groups excluding carboxylic acids is 2. The molecule has 0 saturated carbocycles. The molecule has 6 nitrogen and oxygen atoms in total. The Kier molecular flexibility index (Phi) is 7.67. The normalized spacial score (nSPS) is 11.4. The number of amides is 1. The number of esters is 1. The van der Waals surface area contributed by atoms with E-state index >= 15 is 0 Å². The molecule has 0 radical (unpaired) electrons. The fourth-order valence-electron chi connectivity index (χ4n) is 2.71. The number of carbonyl (C=O) groups is 2. The third-order valence-electron chi connectivity index (χ3n) is 4.08. The van der Waals surface area contributed by atoms with Gasteiger partial charge in [0.25, 0.3) is 5.91 Å². The Morgan fingerprint density at radius 1 is 1.04 bits per heavy atom. The summed E-state index contributed by atoms with van der Waals surface area (Å²) in [6.07, 6.45) is 1.72. The average Bonchev–Trinajstić information content (AvgIpc) is 2.71. The number of hydrogen-bond donors (Lipinski definition) is 1. The molecule has 0 aliphatic heterocycles. The fourth-order valence-corrected chi connectivity index (χ4v) is 2.71. The first-order valence-electron chi connectivity index (χ1n) is 8.82. The van der Waals surface area contributed by atoms with Gasteiger partial charge in [0.05, 0.1) is 20.3 Å². The van der Waals surface area contributed by atoms with Crippen LogP contribution in [0.5, 0.6) is 11.5 Å². The van der Waals surface area contributed by atoms with Gasteiger partial charge in [-0.25, -0.2) is 4.79 Å². The van der Waals surface area contributed by atoms with Gasteiger partial charge in [-0.15, -0.1) is 0 Å². The monoisotopic (exact) mass is 371 g/mol. The third kappa shape index (κ3) is 5.74. The molecule has 2 aromatic rings. The summed E-state index contributed by atoms with van der Waals surface area (Å²) in [5.74, 6) is -0.0890. The van der Waals surface area contributed by atoms with Crippen LogP contribution in [-0.2, 0) is 9.53 Å². The van der Waals surface area contributed by atoms with Gasteiger partial charge < -0.3 is 19.5 Å². The van der Waals surface area contributed by atoms with Crippen molar-refractivity contribution in [3.05, 3.63) is 59.7 Å². The van der Waals surface area contributed by atoms with Crippen molar-refractivity contribution < 1.29 is 23.8 Å². The van der Waals surface area contributed by atoms with E-state index in [2.05, 4.69) is 12.2 Å². The molecule has 0 aliphatic carbocycles. The highest BCUT2D eigenvalue weighted by atomic mass is 16.5. The Morgan fingerprint density at radius 3 is 2.41 bits per heavy atom. The van der Waals surface area contributed by atoms with Gasteiger partial charge in [-0.05, 0) is 24.1 Å². The summed E-state index contributed by atoms with van der Waals surface area (Å²) in [5, 5.41) is 2.92. The highest BCUT2D eigenvalue weighted by Crippen LogP contribution is 2.25. The highest BCUT2D eigenvalue weighted by Gasteiger charge is 2.18. The van der Waals surface area contributed by atoms with E-state index in [0.717, 1.165) is 18.4 Å². The molecule has 1 amide bonds. The Balaban J connectivity index is 1.97. The van der Waals surface area contributed by atoms with Crippen LogP contribution in [0.4, 0.5) is 0 Å². The first-order valence-corrected chi connectivity index (χ1v) is 8.82. The van der Waals surface area contributed by atoms with Crippen molar-refractivity contribution in [1.29, 1.82) is 0 Å². The maximum Gasteiger partial charge on any atom is 0.342 e. The SMILES string of the molecule is CCC[C@H](NC(=O)COC(=O)c1ccc(OC)cc1OC)c1ccccc1. The molecule has 0 spiro atoms. The maximum atomic E-state index is 12.3. The molecule has 144 valence electrons. The van der Waals surface area contributed by atoms with Gasteiger partial charge in [0, 0.05) is 6.07 Å². The van der Waals surface area contributed by atoms with E-state index in [1.165, 1.54) is 14.2 Å². The molecular formula is C21H25NO5. The summed E-state index contributed by atoms with van der Waals surface area (Å²) >= 11 is 0. The molecule has 2 rings (SSSR count). The molecule has 0 fully saturated rings. The molecule has 0 aliphatic rings. The molecule has 1 atom stereocenters. The molecular weight excluding hydrogens is 346 g/mol. The quantitative estimate of drug-likeness (QED) is 0.683. The average molecular weight is 371 g/mol. The van der Waals surface area contributed by atoms with Crippen LogP contribution in [0.1, 0.15) is 41.7 Å². The van der Waals surface area contributed by atoms with Gasteiger partial charge in [0.15, 0.2) is 6.61 Å². The van der Waals surface area contributed by atoms with Crippen LogP contribution in [0, 0.1) is 0 Å². The molecule has 0 bridgehead atoms. The van der Waals surface area contributed by atoms with Crippen LogP contribution in [-0.4, -0.2) is 32.7 Å². The molecule has 0 unspecified atom stereocenters. The minimum atomic E-state index is -0.628. The van der Waals surface area contributed by atoms with E-state index in [1.807, 2.05) is 30.3 Å². The summed E-state index contributed by atoms with van der Waals surface area (Å²) in [7, 11) is 2.98. The standard InChI is InChI=1S/C21H25NO5/c1-4-8-18(15-9-6-5-7-10-15)22-20(23)14-27-21(24)17-12-11-16(25-2)13-19(17)26-3/h5-7,9-13,18H,4,8,14H2,1-3H3,(H,22,23)/t18-/m0/s1. The number of nitrogens with one attached hydrogen (secondary N) is 1. The van der Waals surface area contributed by atoms with Gasteiger partial charge in [-0.1, -0.05) is 43.7 Å². The van der Waals surface area contributed by atoms with Crippen LogP contribution in [0.15, 0.2) is 48.5 Å². The number of rotatable bonds is 9. The number of methoxy groups -OCH3 is 2. The van der Waals surface area contributed by atoms with Gasteiger partial charge in [-0.3, -0.25) is 4.79 Å². The summed E-state index contributed by atoms with van der Waals surface area (Å²) in [6.45, 7) is 1.69. The smallest absolute Gasteiger partial charge is 0.342 e. The van der Waals surface area contributed by atoms with E-state index in [0.29, 0.717) is 11.5 Å². The third-order valence-corrected chi connectivity index (χ3v) is 4.08. The fraction of sp³-hybridized carbons (Fsp3) is 0.333. The second-order valence-electron chi connectivity index (χ2n) is 5.96. The van der Waals surface area contributed by atoms with E-state index < -0.39 is 5.97 Å². The van der Waals surface area contributed by atoms with E-state index in [1.54, 1.807) is 18.2 Å². The number of benzene rings is 2. The second-order valence-corrected chi connectivity index (χ2v) is 5.96. The van der Waals surface area contributed by atoms with Gasteiger partial charge >= 0.3 is 5.97 Å². The lowest BCUT2D eigenvalue weighted by Gasteiger charge is -2.18. The molecule has 0 saturated heterocycles. The molecule has 2 aromatic carbocycles. The molecule has 0 heterocycles. The summed E-state index contributed by atoms with van der Waals surface area (Å²) in [5.41, 5.74) is 1.26. The lowest BCUT2D eigenvalue weighted by atomic mass is 10.0. The van der Waals surface area contributed by atoms with Crippen molar-refractivity contribution in [2.75, 3.05) is 20.8 Å². The minimum Gasteiger partial charge on any atom is -0.497 e. The molecule has 1 N–H and O–H groups in total. The van der Waals surface area contributed by atoms with E-state index in [9.17, 15) is 9.59 Å². The van der Waals surface area contributed by atoms with Crippen LogP contribution in [0.3, 0.4) is 0 Å². The van der Waals surface area contributed by atoms with Gasteiger partial charge in [0.1, 0.15) is 17.1 Å². The summed E-state index contributed by atoms with van der Waals surface area (Å²) in [4.78, 5) is 24.5. The summed E-state index contributed by atoms with van der Waals surface area (Å²) in [6, 6.07) is 14.4. The van der Waals surface area contributed by atoms with E-state index in [-0.39, 0.29) is 24.1 Å². The lowest BCUT2D eigenvalue weighted by molar-refractivity contribution is -0.125. The topological polar surface area (TPSA) is 73.9 Å². The van der Waals surface area contributed by atoms with E-state index in [4.69, 9.17) is 14.2 Å².